The Morgan fingerprint density at radius 1 is 0.429 bits per heavy atom. The highest BCUT2D eigenvalue weighted by molar-refractivity contribution is 5.73. The van der Waals surface area contributed by atoms with E-state index in [1.54, 1.807) is 48.5 Å². The van der Waals surface area contributed by atoms with Crippen LogP contribution >= 0.6 is 0 Å². The molecule has 0 unspecified atom stereocenters. The molecule has 0 aliphatic heterocycles. The molecule has 8 nitrogen and oxygen atoms in total. The predicted octanol–water partition coefficient (Wildman–Crippen LogP) is 12.4. The van der Waals surface area contributed by atoms with Gasteiger partial charge in [-0.3, -0.25) is 9.59 Å². The van der Waals surface area contributed by atoms with Gasteiger partial charge in [-0.25, -0.2) is 0 Å². The molecule has 0 fully saturated rings. The highest BCUT2D eigenvalue weighted by Gasteiger charge is 2.07. The van der Waals surface area contributed by atoms with Crippen molar-refractivity contribution in [1.82, 2.24) is 0 Å². The largest absolute Gasteiger partial charge is 0.427 e. The topological polar surface area (TPSA) is 102 Å². The molecule has 256 valence electrons. The molecule has 0 amide bonds. The van der Waals surface area contributed by atoms with E-state index in [2.05, 4.69) is 58.6 Å². The third kappa shape index (κ3) is 14.4. The zero-order valence-corrected chi connectivity index (χ0v) is 28.9. The number of hydrogen-bond donors (Lipinski definition) is 0. The Morgan fingerprint density at radius 3 is 1.06 bits per heavy atom. The average Bonchev–Trinajstić information content (AvgIpc) is 3.13. The van der Waals surface area contributed by atoms with E-state index < -0.39 is 0 Å². The summed E-state index contributed by atoms with van der Waals surface area (Å²) in [6.45, 7) is 4.38. The molecule has 4 rings (SSSR count). The van der Waals surface area contributed by atoms with Gasteiger partial charge < -0.3 is 9.47 Å². The molecule has 0 radical (unpaired) electrons. The zero-order valence-electron chi connectivity index (χ0n) is 28.9. The van der Waals surface area contributed by atoms with Gasteiger partial charge in [-0.05, 0) is 122 Å². The zero-order chi connectivity index (χ0) is 34.5. The molecule has 0 atom stereocenters. The van der Waals surface area contributed by atoms with Gasteiger partial charge in [-0.15, -0.1) is 0 Å². The van der Waals surface area contributed by atoms with Gasteiger partial charge in [0.2, 0.25) is 0 Å². The predicted molar refractivity (Wildman–Crippen MR) is 195 cm³/mol. The van der Waals surface area contributed by atoms with Gasteiger partial charge in [0.05, 0.1) is 22.7 Å². The number of aryl methyl sites for hydroxylation is 2. The Balaban J connectivity index is 1.04. The smallest absolute Gasteiger partial charge is 0.311 e. The van der Waals surface area contributed by atoms with Gasteiger partial charge in [-0.1, -0.05) is 70.2 Å². The van der Waals surface area contributed by atoms with Gasteiger partial charge in [0.15, 0.2) is 0 Å². The first-order valence-electron chi connectivity index (χ1n) is 17.6. The molecule has 0 aromatic heterocycles. The van der Waals surface area contributed by atoms with Crippen molar-refractivity contribution in [2.45, 2.75) is 97.3 Å². The van der Waals surface area contributed by atoms with Crippen molar-refractivity contribution in [3.63, 3.8) is 0 Å². The SMILES string of the molecule is CCCCc1ccc(N=Nc2ccc(OC(=O)CCCCCCCC(=O)Oc3ccc(N=Nc4ccc(CCCC)cc4)cc3)cc2)cc1. The molecule has 0 aliphatic rings. The molecule has 0 heterocycles. The second-order valence-electron chi connectivity index (χ2n) is 12.1. The lowest BCUT2D eigenvalue weighted by Gasteiger charge is -2.06. The molecule has 4 aromatic carbocycles. The first kappa shape index (κ1) is 36.8. The number of hydrogen-bond acceptors (Lipinski definition) is 8. The number of rotatable bonds is 20. The van der Waals surface area contributed by atoms with Gasteiger partial charge in [0.25, 0.3) is 0 Å². The molecule has 49 heavy (non-hydrogen) atoms. The third-order valence-corrected chi connectivity index (χ3v) is 7.97. The van der Waals surface area contributed by atoms with Crippen molar-refractivity contribution in [3.8, 4) is 11.5 Å². The van der Waals surface area contributed by atoms with Crippen LogP contribution in [-0.4, -0.2) is 11.9 Å². The number of nitrogens with zero attached hydrogens (tertiary/aromatic N) is 4. The van der Waals surface area contributed by atoms with E-state index >= 15 is 0 Å². The lowest BCUT2D eigenvalue weighted by atomic mass is 10.1. The van der Waals surface area contributed by atoms with Gasteiger partial charge in [-0.2, -0.15) is 20.5 Å². The van der Waals surface area contributed by atoms with Crippen LogP contribution in [0.25, 0.3) is 0 Å². The van der Waals surface area contributed by atoms with Crippen LogP contribution in [0.3, 0.4) is 0 Å². The number of carbonyl (C=O) groups excluding carboxylic acids is 2. The Hall–Kier alpha value is -4.98. The molecule has 8 heteroatoms. The summed E-state index contributed by atoms with van der Waals surface area (Å²) < 4.78 is 10.9. The first-order chi connectivity index (χ1) is 24.0. The maximum absolute atomic E-state index is 12.3. The standard InChI is InChI=1S/C41H48N4O4/c1-3-5-12-32-16-20-34(21-17-32)42-44-36-24-28-38(29-25-36)48-40(46)14-10-8-7-9-11-15-41(47)49-39-30-26-37(27-31-39)45-43-35-22-18-33(19-23-35)13-6-4-2/h16-31H,3-15H2,1-2H3. The maximum Gasteiger partial charge on any atom is 0.311 e. The third-order valence-electron chi connectivity index (χ3n) is 7.97. The lowest BCUT2D eigenvalue weighted by molar-refractivity contribution is -0.135. The molecule has 4 aromatic rings. The van der Waals surface area contributed by atoms with E-state index in [0.29, 0.717) is 35.7 Å². The Labute approximate surface area is 290 Å². The van der Waals surface area contributed by atoms with Crippen molar-refractivity contribution in [2.75, 3.05) is 0 Å². The van der Waals surface area contributed by atoms with Crippen LogP contribution in [-0.2, 0) is 22.4 Å². The summed E-state index contributed by atoms with van der Waals surface area (Å²) in [5, 5.41) is 17.2. The second-order valence-corrected chi connectivity index (χ2v) is 12.1. The summed E-state index contributed by atoms with van der Waals surface area (Å²) in [6, 6.07) is 30.3. The minimum absolute atomic E-state index is 0.259. The first-order valence-corrected chi connectivity index (χ1v) is 17.6. The lowest BCUT2D eigenvalue weighted by Crippen LogP contribution is -2.08. The summed E-state index contributed by atoms with van der Waals surface area (Å²) in [7, 11) is 0. The fourth-order valence-corrected chi connectivity index (χ4v) is 5.05. The van der Waals surface area contributed by atoms with E-state index in [9.17, 15) is 9.59 Å². The highest BCUT2D eigenvalue weighted by atomic mass is 16.5. The van der Waals surface area contributed by atoms with E-state index in [-0.39, 0.29) is 11.9 Å². The van der Waals surface area contributed by atoms with Crippen molar-refractivity contribution >= 4 is 34.7 Å². The van der Waals surface area contributed by atoms with E-state index in [1.165, 1.54) is 36.8 Å². The summed E-state index contributed by atoms with van der Waals surface area (Å²) in [4.78, 5) is 24.6. The minimum Gasteiger partial charge on any atom is -0.427 e. The number of carbonyl (C=O) groups is 2. The number of unbranched alkanes of at least 4 members (excludes halogenated alkanes) is 6. The molecule has 0 aliphatic carbocycles. The molecule has 0 N–H and O–H groups in total. The fourth-order valence-electron chi connectivity index (χ4n) is 5.05. The normalized spacial score (nSPS) is 11.3. The van der Waals surface area contributed by atoms with Gasteiger partial charge >= 0.3 is 11.9 Å². The minimum atomic E-state index is -0.259. The quantitative estimate of drug-likeness (QED) is 0.0407. The summed E-state index contributed by atoms with van der Waals surface area (Å²) >= 11 is 0. The highest BCUT2D eigenvalue weighted by Crippen LogP contribution is 2.24. The molecule has 0 saturated heterocycles. The van der Waals surface area contributed by atoms with Crippen molar-refractivity contribution < 1.29 is 19.1 Å². The Morgan fingerprint density at radius 2 is 0.735 bits per heavy atom. The second kappa shape index (κ2) is 21.1. The van der Waals surface area contributed by atoms with Crippen LogP contribution < -0.4 is 9.47 Å². The molecular formula is C41H48N4O4. The number of azo groups is 2. The number of esters is 2. The van der Waals surface area contributed by atoms with Crippen LogP contribution in [0.1, 0.15) is 95.6 Å². The van der Waals surface area contributed by atoms with Crippen LogP contribution in [0.2, 0.25) is 0 Å². The fraction of sp³-hybridized carbons (Fsp3) is 0.366. The van der Waals surface area contributed by atoms with E-state index in [0.717, 1.165) is 56.3 Å². The molecular weight excluding hydrogens is 612 g/mol. The Bertz CT molecular complexity index is 1490. The van der Waals surface area contributed by atoms with Crippen molar-refractivity contribution in [2.24, 2.45) is 20.5 Å². The van der Waals surface area contributed by atoms with Crippen molar-refractivity contribution in [3.05, 3.63) is 108 Å². The maximum atomic E-state index is 12.3. The molecule has 0 bridgehead atoms. The summed E-state index contributed by atoms with van der Waals surface area (Å²) in [5.74, 6) is 0.463. The van der Waals surface area contributed by atoms with E-state index in [1.807, 2.05) is 24.3 Å². The Kier molecular flexibility index (Phi) is 15.9. The van der Waals surface area contributed by atoms with Crippen LogP contribution in [0.15, 0.2) is 118 Å². The number of benzene rings is 4. The van der Waals surface area contributed by atoms with Crippen LogP contribution in [0.5, 0.6) is 11.5 Å². The van der Waals surface area contributed by atoms with Gasteiger partial charge in [0.1, 0.15) is 11.5 Å². The molecule has 0 spiro atoms. The molecule has 0 saturated carbocycles. The van der Waals surface area contributed by atoms with Crippen LogP contribution in [0.4, 0.5) is 22.7 Å². The summed E-state index contributed by atoms with van der Waals surface area (Å²) in [6.07, 6.45) is 11.8. The van der Waals surface area contributed by atoms with Gasteiger partial charge in [0, 0.05) is 12.8 Å². The van der Waals surface area contributed by atoms with Crippen LogP contribution in [0, 0.1) is 0 Å². The average molecular weight is 661 g/mol. The monoisotopic (exact) mass is 660 g/mol. The summed E-state index contributed by atoms with van der Waals surface area (Å²) in [5.41, 5.74) is 5.60. The van der Waals surface area contributed by atoms with Crippen molar-refractivity contribution in [1.29, 1.82) is 0 Å². The number of ether oxygens (including phenoxy) is 2. The van der Waals surface area contributed by atoms with E-state index in [4.69, 9.17) is 9.47 Å².